The minimum Gasteiger partial charge on any atom is -0.444 e. The molecule has 0 atom stereocenters. The van der Waals surface area contributed by atoms with Crippen molar-refractivity contribution in [2.45, 2.75) is 31.3 Å². The molecule has 0 aromatic heterocycles. The highest BCUT2D eigenvalue weighted by Crippen LogP contribution is 2.17. The molecular formula is C16H22FN3O5S. The second-order valence-electron chi connectivity index (χ2n) is 6.95. The van der Waals surface area contributed by atoms with Gasteiger partial charge in [0, 0.05) is 26.2 Å². The summed E-state index contributed by atoms with van der Waals surface area (Å²) < 4.78 is 41.9. The lowest BCUT2D eigenvalue weighted by Crippen LogP contribution is -2.51. The third-order valence-corrected chi connectivity index (χ3v) is 4.63. The predicted molar refractivity (Wildman–Crippen MR) is 91.5 cm³/mol. The van der Waals surface area contributed by atoms with Crippen molar-refractivity contribution in [3.8, 4) is 0 Å². The molecule has 1 aliphatic heterocycles. The summed E-state index contributed by atoms with van der Waals surface area (Å²) in [5.74, 6) is -1.54. The van der Waals surface area contributed by atoms with Gasteiger partial charge in [0.1, 0.15) is 11.4 Å². The molecule has 2 rings (SSSR count). The van der Waals surface area contributed by atoms with Crippen molar-refractivity contribution in [1.29, 1.82) is 0 Å². The Morgan fingerprint density at radius 1 is 1.12 bits per heavy atom. The molecule has 1 fully saturated rings. The molecule has 10 heteroatoms. The van der Waals surface area contributed by atoms with Crippen LogP contribution in [0.4, 0.5) is 9.18 Å². The van der Waals surface area contributed by atoms with Gasteiger partial charge in [-0.3, -0.25) is 4.79 Å². The van der Waals surface area contributed by atoms with Gasteiger partial charge in [-0.2, -0.15) is 0 Å². The molecule has 8 nitrogen and oxygen atoms in total. The van der Waals surface area contributed by atoms with Crippen molar-refractivity contribution in [2.75, 3.05) is 26.2 Å². The smallest absolute Gasteiger partial charge is 0.410 e. The molecule has 1 aromatic carbocycles. The summed E-state index contributed by atoms with van der Waals surface area (Å²) in [5, 5.41) is 4.94. The van der Waals surface area contributed by atoms with Crippen LogP contribution in [0.5, 0.6) is 0 Å². The van der Waals surface area contributed by atoms with Crippen LogP contribution >= 0.6 is 0 Å². The Bertz CT molecular complexity index is 812. The van der Waals surface area contributed by atoms with E-state index in [9.17, 15) is 22.4 Å². The van der Waals surface area contributed by atoms with E-state index in [1.807, 2.05) is 0 Å². The maximum atomic E-state index is 14.1. The standard InChI is InChI=1S/C16H22FN3O5S/c1-16(2,3)25-15(22)20-8-6-19(7-9-20)14(21)12-5-4-11(10-13(12)17)26(18,23)24/h4-5,10H,6-9H2,1-3H3,(H2,18,23,24). The van der Waals surface area contributed by atoms with E-state index in [2.05, 4.69) is 0 Å². The van der Waals surface area contributed by atoms with Crippen LogP contribution in [0.1, 0.15) is 31.1 Å². The van der Waals surface area contributed by atoms with E-state index in [1.165, 1.54) is 9.80 Å². The van der Waals surface area contributed by atoms with E-state index in [4.69, 9.17) is 9.88 Å². The van der Waals surface area contributed by atoms with E-state index >= 15 is 0 Å². The maximum absolute atomic E-state index is 14.1. The number of benzene rings is 1. The number of nitrogens with zero attached hydrogens (tertiary/aromatic N) is 2. The first kappa shape index (κ1) is 20.1. The lowest BCUT2D eigenvalue weighted by molar-refractivity contribution is 0.0140. The SMILES string of the molecule is CC(C)(C)OC(=O)N1CCN(C(=O)c2ccc(S(N)(=O)=O)cc2F)CC1. The zero-order valence-electron chi connectivity index (χ0n) is 14.9. The van der Waals surface area contributed by atoms with E-state index in [0.29, 0.717) is 0 Å². The van der Waals surface area contributed by atoms with Crippen LogP contribution < -0.4 is 5.14 Å². The molecule has 0 bridgehead atoms. The molecule has 144 valence electrons. The summed E-state index contributed by atoms with van der Waals surface area (Å²) >= 11 is 0. The summed E-state index contributed by atoms with van der Waals surface area (Å²) in [7, 11) is -4.05. The third-order valence-electron chi connectivity index (χ3n) is 3.72. The molecule has 1 aliphatic rings. The zero-order chi connectivity index (χ0) is 19.7. The van der Waals surface area contributed by atoms with Gasteiger partial charge in [0.2, 0.25) is 10.0 Å². The monoisotopic (exact) mass is 387 g/mol. The predicted octanol–water partition coefficient (Wildman–Crippen LogP) is 1.17. The Kier molecular flexibility index (Phi) is 5.57. The maximum Gasteiger partial charge on any atom is 0.410 e. The quantitative estimate of drug-likeness (QED) is 0.819. The van der Waals surface area contributed by atoms with Gasteiger partial charge >= 0.3 is 6.09 Å². The number of nitrogens with two attached hydrogens (primary N) is 1. The second kappa shape index (κ2) is 7.20. The van der Waals surface area contributed by atoms with E-state index in [-0.39, 0.29) is 31.7 Å². The van der Waals surface area contributed by atoms with Crippen LogP contribution in [-0.4, -0.2) is 62.0 Å². The average Bonchev–Trinajstić information content (AvgIpc) is 2.52. The summed E-state index contributed by atoms with van der Waals surface area (Å²) in [6, 6.07) is 2.90. The Balaban J connectivity index is 2.04. The molecule has 2 amide bonds. The van der Waals surface area contributed by atoms with Gasteiger partial charge in [0.25, 0.3) is 5.91 Å². The number of rotatable bonds is 2. The van der Waals surface area contributed by atoms with E-state index in [0.717, 1.165) is 18.2 Å². The van der Waals surface area contributed by atoms with Gasteiger partial charge in [-0.25, -0.2) is 22.7 Å². The molecule has 0 radical (unpaired) electrons. The fraction of sp³-hybridized carbons (Fsp3) is 0.500. The number of sulfonamides is 1. The fourth-order valence-electron chi connectivity index (χ4n) is 2.44. The van der Waals surface area contributed by atoms with Gasteiger partial charge < -0.3 is 14.5 Å². The Morgan fingerprint density at radius 2 is 1.65 bits per heavy atom. The summed E-state index contributed by atoms with van der Waals surface area (Å²) in [6.07, 6.45) is -0.465. The van der Waals surface area contributed by atoms with E-state index in [1.54, 1.807) is 20.8 Å². The molecule has 0 saturated carbocycles. The van der Waals surface area contributed by atoms with Crippen LogP contribution in [0, 0.1) is 5.82 Å². The van der Waals surface area contributed by atoms with Crippen LogP contribution in [-0.2, 0) is 14.8 Å². The molecule has 1 heterocycles. The molecular weight excluding hydrogens is 365 g/mol. The van der Waals surface area contributed by atoms with Crippen molar-refractivity contribution in [3.63, 3.8) is 0 Å². The molecule has 1 aromatic rings. The first-order chi connectivity index (χ1) is 11.9. The summed E-state index contributed by atoms with van der Waals surface area (Å²) in [4.78, 5) is 27.0. The number of piperazine rings is 1. The Labute approximate surface area is 151 Å². The number of carbonyl (C=O) groups excluding carboxylic acids is 2. The van der Waals surface area contributed by atoms with Crippen molar-refractivity contribution in [3.05, 3.63) is 29.6 Å². The average molecular weight is 387 g/mol. The van der Waals surface area contributed by atoms with Gasteiger partial charge in [0.05, 0.1) is 10.5 Å². The highest BCUT2D eigenvalue weighted by Gasteiger charge is 2.29. The largest absolute Gasteiger partial charge is 0.444 e. The number of ether oxygens (including phenoxy) is 1. The fourth-order valence-corrected chi connectivity index (χ4v) is 2.96. The van der Waals surface area contributed by atoms with Crippen LogP contribution in [0.15, 0.2) is 23.1 Å². The molecule has 1 saturated heterocycles. The first-order valence-corrected chi connectivity index (χ1v) is 9.53. The Hall–Kier alpha value is -2.20. The molecule has 26 heavy (non-hydrogen) atoms. The highest BCUT2D eigenvalue weighted by atomic mass is 32.2. The van der Waals surface area contributed by atoms with Crippen LogP contribution in [0.2, 0.25) is 0 Å². The number of halogens is 1. The number of carbonyl (C=O) groups is 2. The van der Waals surface area contributed by atoms with Gasteiger partial charge in [-0.05, 0) is 39.0 Å². The minimum absolute atomic E-state index is 0.217. The number of primary sulfonamides is 1. The zero-order valence-corrected chi connectivity index (χ0v) is 15.7. The normalized spacial score (nSPS) is 15.7. The lowest BCUT2D eigenvalue weighted by atomic mass is 10.1. The van der Waals surface area contributed by atoms with Crippen molar-refractivity contribution in [1.82, 2.24) is 9.80 Å². The van der Waals surface area contributed by atoms with Crippen molar-refractivity contribution < 1.29 is 27.1 Å². The second-order valence-corrected chi connectivity index (χ2v) is 8.51. The molecule has 0 unspecified atom stereocenters. The lowest BCUT2D eigenvalue weighted by Gasteiger charge is -2.35. The number of hydrogen-bond acceptors (Lipinski definition) is 5. The van der Waals surface area contributed by atoms with Gasteiger partial charge in [-0.1, -0.05) is 0 Å². The first-order valence-electron chi connectivity index (χ1n) is 7.98. The summed E-state index contributed by atoms with van der Waals surface area (Å²) in [6.45, 7) is 6.24. The van der Waals surface area contributed by atoms with Crippen LogP contribution in [0.3, 0.4) is 0 Å². The third kappa shape index (κ3) is 4.92. The topological polar surface area (TPSA) is 110 Å². The van der Waals surface area contributed by atoms with Crippen molar-refractivity contribution >= 4 is 22.0 Å². The summed E-state index contributed by atoms with van der Waals surface area (Å²) in [5.41, 5.74) is -0.860. The van der Waals surface area contributed by atoms with Gasteiger partial charge in [0.15, 0.2) is 0 Å². The number of hydrogen-bond donors (Lipinski definition) is 1. The minimum atomic E-state index is -4.05. The Morgan fingerprint density at radius 3 is 2.12 bits per heavy atom. The van der Waals surface area contributed by atoms with Crippen molar-refractivity contribution in [2.24, 2.45) is 5.14 Å². The molecule has 2 N–H and O–H groups in total. The molecule has 0 aliphatic carbocycles. The number of amides is 2. The van der Waals surface area contributed by atoms with E-state index < -0.39 is 38.3 Å². The highest BCUT2D eigenvalue weighted by molar-refractivity contribution is 7.89. The van der Waals surface area contributed by atoms with Crippen LogP contribution in [0.25, 0.3) is 0 Å². The van der Waals surface area contributed by atoms with Gasteiger partial charge in [-0.15, -0.1) is 0 Å². The molecule has 0 spiro atoms.